The van der Waals surface area contributed by atoms with Gasteiger partial charge < -0.3 is 15.0 Å². The molecule has 2 heterocycles. The lowest BCUT2D eigenvalue weighted by Crippen LogP contribution is -2.56. The molecule has 0 radical (unpaired) electrons. The van der Waals surface area contributed by atoms with Crippen LogP contribution in [-0.4, -0.2) is 54.0 Å². The van der Waals surface area contributed by atoms with E-state index in [9.17, 15) is 9.59 Å². The second-order valence-corrected chi connectivity index (χ2v) is 5.24. The van der Waals surface area contributed by atoms with Gasteiger partial charge in [0.2, 0.25) is 5.91 Å². The smallest absolute Gasteiger partial charge is 0.274 e. The highest BCUT2D eigenvalue weighted by Crippen LogP contribution is 2.20. The number of morpholine rings is 1. The Morgan fingerprint density at radius 2 is 2.24 bits per heavy atom. The van der Waals surface area contributed by atoms with Gasteiger partial charge in [0.15, 0.2) is 0 Å². The SMILES string of the molecule is CCNC(=O)C1COCCN1C(=O)c1nc(Cl)ccc1Cl. The maximum atomic E-state index is 12.6. The lowest BCUT2D eigenvalue weighted by molar-refractivity contribution is -0.130. The lowest BCUT2D eigenvalue weighted by atomic mass is 10.2. The normalized spacial score (nSPS) is 18.4. The van der Waals surface area contributed by atoms with Crippen molar-refractivity contribution in [1.82, 2.24) is 15.2 Å². The molecule has 114 valence electrons. The number of likely N-dealkylation sites (N-methyl/N-ethyl adjacent to an activating group) is 1. The van der Waals surface area contributed by atoms with Crippen LogP contribution < -0.4 is 5.32 Å². The van der Waals surface area contributed by atoms with Gasteiger partial charge >= 0.3 is 0 Å². The van der Waals surface area contributed by atoms with Crippen molar-refractivity contribution in [3.8, 4) is 0 Å². The highest BCUT2D eigenvalue weighted by atomic mass is 35.5. The van der Waals surface area contributed by atoms with Crippen LogP contribution in [0.2, 0.25) is 10.2 Å². The van der Waals surface area contributed by atoms with Gasteiger partial charge in [-0.1, -0.05) is 23.2 Å². The van der Waals surface area contributed by atoms with Crippen LogP contribution in [0.5, 0.6) is 0 Å². The number of halogens is 2. The Kier molecular flexibility index (Phi) is 5.39. The second-order valence-electron chi connectivity index (χ2n) is 4.45. The molecular weight excluding hydrogens is 317 g/mol. The topological polar surface area (TPSA) is 71.5 Å². The molecule has 2 rings (SSSR count). The second kappa shape index (κ2) is 7.06. The standard InChI is InChI=1S/C13H15Cl2N3O3/c1-2-16-12(19)9-7-21-6-5-18(9)13(20)11-8(14)3-4-10(15)17-11/h3-4,9H,2,5-7H2,1H3,(H,16,19). The van der Waals surface area contributed by atoms with Crippen molar-refractivity contribution < 1.29 is 14.3 Å². The van der Waals surface area contributed by atoms with Crippen molar-refractivity contribution in [2.45, 2.75) is 13.0 Å². The highest BCUT2D eigenvalue weighted by molar-refractivity contribution is 6.34. The number of carbonyl (C=O) groups excluding carboxylic acids is 2. The molecule has 8 heteroatoms. The van der Waals surface area contributed by atoms with Crippen LogP contribution in [0.25, 0.3) is 0 Å². The fourth-order valence-corrected chi connectivity index (χ4v) is 2.39. The minimum atomic E-state index is -0.692. The van der Waals surface area contributed by atoms with Crippen molar-refractivity contribution in [1.29, 1.82) is 0 Å². The summed E-state index contributed by atoms with van der Waals surface area (Å²) in [5.74, 6) is -0.689. The van der Waals surface area contributed by atoms with Gasteiger partial charge in [-0.2, -0.15) is 0 Å². The molecule has 2 amide bonds. The van der Waals surface area contributed by atoms with Crippen molar-refractivity contribution in [2.24, 2.45) is 0 Å². The summed E-state index contributed by atoms with van der Waals surface area (Å²) < 4.78 is 5.29. The van der Waals surface area contributed by atoms with E-state index < -0.39 is 11.9 Å². The Bertz CT molecular complexity index is 553. The molecule has 1 aromatic heterocycles. The van der Waals surface area contributed by atoms with E-state index in [1.807, 2.05) is 6.92 Å². The summed E-state index contributed by atoms with van der Waals surface area (Å²) in [5, 5.41) is 3.06. The Balaban J connectivity index is 2.26. The molecule has 1 aliphatic heterocycles. The summed E-state index contributed by atoms with van der Waals surface area (Å²) in [5.41, 5.74) is 0.0420. The van der Waals surface area contributed by atoms with Crippen LogP contribution in [0.1, 0.15) is 17.4 Å². The van der Waals surface area contributed by atoms with Crippen LogP contribution in [0, 0.1) is 0 Å². The summed E-state index contributed by atoms with van der Waals surface area (Å²) in [4.78, 5) is 30.0. The van der Waals surface area contributed by atoms with E-state index in [1.54, 1.807) is 0 Å². The summed E-state index contributed by atoms with van der Waals surface area (Å²) in [7, 11) is 0. The van der Waals surface area contributed by atoms with Gasteiger partial charge in [-0.3, -0.25) is 9.59 Å². The quantitative estimate of drug-likeness (QED) is 0.849. The number of aromatic nitrogens is 1. The van der Waals surface area contributed by atoms with Gasteiger partial charge in [0, 0.05) is 13.1 Å². The monoisotopic (exact) mass is 331 g/mol. The molecule has 0 saturated carbocycles. The minimum Gasteiger partial charge on any atom is -0.377 e. The highest BCUT2D eigenvalue weighted by Gasteiger charge is 2.34. The number of pyridine rings is 1. The molecule has 1 N–H and O–H groups in total. The van der Waals surface area contributed by atoms with Crippen molar-refractivity contribution >= 4 is 35.0 Å². The molecule has 0 aliphatic carbocycles. The van der Waals surface area contributed by atoms with Gasteiger partial charge in [0.25, 0.3) is 5.91 Å². The summed E-state index contributed by atoms with van der Waals surface area (Å²) in [6.07, 6.45) is 0. The average Bonchev–Trinajstić information content (AvgIpc) is 2.49. The predicted octanol–water partition coefficient (Wildman–Crippen LogP) is 1.37. The van der Waals surface area contributed by atoms with Crippen LogP contribution in [-0.2, 0) is 9.53 Å². The van der Waals surface area contributed by atoms with Crippen molar-refractivity contribution in [3.63, 3.8) is 0 Å². The first-order valence-corrected chi connectivity index (χ1v) is 7.28. The number of ether oxygens (including phenoxy) is 1. The molecule has 0 spiro atoms. The van der Waals surface area contributed by atoms with E-state index in [2.05, 4.69) is 10.3 Å². The van der Waals surface area contributed by atoms with Crippen molar-refractivity contribution in [3.05, 3.63) is 28.0 Å². The molecule has 1 unspecified atom stereocenters. The molecule has 1 atom stereocenters. The third-order valence-corrected chi connectivity index (χ3v) is 3.57. The Morgan fingerprint density at radius 1 is 1.48 bits per heavy atom. The lowest BCUT2D eigenvalue weighted by Gasteiger charge is -2.34. The fourth-order valence-electron chi connectivity index (χ4n) is 2.06. The third-order valence-electron chi connectivity index (χ3n) is 3.06. The molecule has 0 aromatic carbocycles. The zero-order valence-corrected chi connectivity index (χ0v) is 12.9. The maximum Gasteiger partial charge on any atom is 0.274 e. The Hall–Kier alpha value is -1.37. The Labute approximate surface area is 132 Å². The third kappa shape index (κ3) is 3.64. The molecule has 0 bridgehead atoms. The van der Waals surface area contributed by atoms with E-state index in [-0.39, 0.29) is 28.4 Å². The first kappa shape index (κ1) is 16.0. The van der Waals surface area contributed by atoms with Crippen LogP contribution in [0.4, 0.5) is 0 Å². The van der Waals surface area contributed by atoms with Crippen molar-refractivity contribution in [2.75, 3.05) is 26.3 Å². The average molecular weight is 332 g/mol. The first-order chi connectivity index (χ1) is 10.0. The molecule has 1 saturated heterocycles. The zero-order valence-electron chi connectivity index (χ0n) is 11.4. The number of hydrogen-bond acceptors (Lipinski definition) is 4. The van der Waals surface area contributed by atoms with Crippen LogP contribution in [0.3, 0.4) is 0 Å². The van der Waals surface area contributed by atoms with Crippen LogP contribution in [0.15, 0.2) is 12.1 Å². The Morgan fingerprint density at radius 3 is 2.95 bits per heavy atom. The number of rotatable bonds is 3. The molecular formula is C13H15Cl2N3O3. The summed E-state index contributed by atoms with van der Waals surface area (Å²) in [6.45, 7) is 3.09. The molecule has 1 aliphatic rings. The van der Waals surface area contributed by atoms with E-state index in [1.165, 1.54) is 17.0 Å². The van der Waals surface area contributed by atoms with E-state index >= 15 is 0 Å². The van der Waals surface area contributed by atoms with Gasteiger partial charge in [-0.25, -0.2) is 4.98 Å². The molecule has 1 aromatic rings. The summed E-state index contributed by atoms with van der Waals surface area (Å²) >= 11 is 11.8. The minimum absolute atomic E-state index is 0.0420. The van der Waals surface area contributed by atoms with Gasteiger partial charge in [0.1, 0.15) is 16.9 Å². The molecule has 6 nitrogen and oxygen atoms in total. The van der Waals surface area contributed by atoms with E-state index in [0.29, 0.717) is 19.7 Å². The van der Waals surface area contributed by atoms with Gasteiger partial charge in [-0.15, -0.1) is 0 Å². The molecule has 21 heavy (non-hydrogen) atoms. The number of hydrogen-bond donors (Lipinski definition) is 1. The van der Waals surface area contributed by atoms with Crippen LogP contribution >= 0.6 is 23.2 Å². The first-order valence-electron chi connectivity index (χ1n) is 6.53. The fraction of sp³-hybridized carbons (Fsp3) is 0.462. The predicted molar refractivity (Wildman–Crippen MR) is 78.6 cm³/mol. The number of amides is 2. The van der Waals surface area contributed by atoms with Gasteiger partial charge in [-0.05, 0) is 19.1 Å². The maximum absolute atomic E-state index is 12.6. The van der Waals surface area contributed by atoms with Gasteiger partial charge in [0.05, 0.1) is 18.2 Å². The van der Waals surface area contributed by atoms with E-state index in [4.69, 9.17) is 27.9 Å². The largest absolute Gasteiger partial charge is 0.377 e. The summed E-state index contributed by atoms with van der Waals surface area (Å²) in [6, 6.07) is 2.32. The molecule has 1 fully saturated rings. The number of carbonyl (C=O) groups is 2. The van der Waals surface area contributed by atoms with E-state index in [0.717, 1.165) is 0 Å². The number of nitrogens with one attached hydrogen (secondary N) is 1. The number of nitrogens with zero attached hydrogens (tertiary/aromatic N) is 2. The zero-order chi connectivity index (χ0) is 15.4.